The second-order valence-corrected chi connectivity index (χ2v) is 5.68. The maximum absolute atomic E-state index is 13.1. The zero-order valence-electron chi connectivity index (χ0n) is 12.3. The van der Waals surface area contributed by atoms with E-state index in [1.807, 2.05) is 12.1 Å². The number of halogens is 2. The zero-order chi connectivity index (χ0) is 16.2. The Kier molecular flexibility index (Phi) is 4.57. The van der Waals surface area contributed by atoms with Crippen LogP contribution < -0.4 is 5.32 Å². The fraction of sp³-hybridized carbons (Fsp3) is 0.176. The quantitative estimate of drug-likeness (QED) is 0.754. The average Bonchev–Trinajstić information content (AvgIpc) is 2.91. The van der Waals surface area contributed by atoms with Gasteiger partial charge in [-0.15, -0.1) is 0 Å². The van der Waals surface area contributed by atoms with E-state index in [2.05, 4.69) is 15.3 Å². The van der Waals surface area contributed by atoms with Crippen LogP contribution in [0.25, 0.3) is 11.0 Å². The van der Waals surface area contributed by atoms with Crippen LogP contribution >= 0.6 is 11.6 Å². The van der Waals surface area contributed by atoms with Crippen LogP contribution in [0.15, 0.2) is 42.5 Å². The highest BCUT2D eigenvalue weighted by atomic mass is 35.5. The molecule has 0 unspecified atom stereocenters. The summed E-state index contributed by atoms with van der Waals surface area (Å²) in [4.78, 5) is 19.3. The van der Waals surface area contributed by atoms with Crippen molar-refractivity contribution in [3.8, 4) is 0 Å². The van der Waals surface area contributed by atoms with E-state index >= 15 is 0 Å². The van der Waals surface area contributed by atoms with Gasteiger partial charge in [0.25, 0.3) is 0 Å². The van der Waals surface area contributed by atoms with Crippen molar-refractivity contribution in [2.45, 2.75) is 12.8 Å². The minimum atomic E-state index is -0.302. The fourth-order valence-electron chi connectivity index (χ4n) is 2.32. The van der Waals surface area contributed by atoms with Crippen molar-refractivity contribution < 1.29 is 9.18 Å². The predicted molar refractivity (Wildman–Crippen MR) is 87.9 cm³/mol. The number of benzene rings is 2. The normalized spacial score (nSPS) is 10.9. The molecule has 118 valence electrons. The number of rotatable bonds is 5. The lowest BCUT2D eigenvalue weighted by Gasteiger charge is -2.04. The van der Waals surface area contributed by atoms with Crippen LogP contribution in [-0.4, -0.2) is 22.4 Å². The van der Waals surface area contributed by atoms with Crippen molar-refractivity contribution in [2.24, 2.45) is 0 Å². The third-order valence-electron chi connectivity index (χ3n) is 3.45. The minimum absolute atomic E-state index is 0.0607. The molecule has 0 bridgehead atoms. The highest BCUT2D eigenvalue weighted by molar-refractivity contribution is 6.30. The van der Waals surface area contributed by atoms with Crippen LogP contribution in [0.2, 0.25) is 5.02 Å². The fourth-order valence-corrected chi connectivity index (χ4v) is 2.45. The molecule has 3 rings (SSSR count). The number of hydrogen-bond acceptors (Lipinski definition) is 2. The molecule has 2 N–H and O–H groups in total. The van der Waals surface area contributed by atoms with E-state index in [0.717, 1.165) is 11.4 Å². The van der Waals surface area contributed by atoms with Crippen molar-refractivity contribution in [1.29, 1.82) is 0 Å². The van der Waals surface area contributed by atoms with Gasteiger partial charge in [0.05, 0.1) is 17.5 Å². The van der Waals surface area contributed by atoms with E-state index in [-0.39, 0.29) is 11.7 Å². The number of aromatic nitrogens is 2. The Morgan fingerprint density at radius 1 is 1.22 bits per heavy atom. The Balaban J connectivity index is 1.51. The predicted octanol–water partition coefficient (Wildman–Crippen LogP) is 3.26. The number of amides is 1. The van der Waals surface area contributed by atoms with Gasteiger partial charge >= 0.3 is 0 Å². The molecule has 0 aliphatic heterocycles. The highest BCUT2D eigenvalue weighted by Gasteiger charge is 2.06. The summed E-state index contributed by atoms with van der Waals surface area (Å²) in [5, 5.41) is 3.49. The lowest BCUT2D eigenvalue weighted by molar-refractivity contribution is -0.120. The number of fused-ring (bicyclic) bond motifs is 1. The first-order valence-corrected chi connectivity index (χ1v) is 7.63. The first-order chi connectivity index (χ1) is 11.1. The second kappa shape index (κ2) is 6.79. The molecule has 1 heterocycles. The monoisotopic (exact) mass is 331 g/mol. The van der Waals surface area contributed by atoms with Crippen molar-refractivity contribution in [3.05, 3.63) is 64.7 Å². The van der Waals surface area contributed by atoms with Gasteiger partial charge in [0.15, 0.2) is 0 Å². The number of carbonyl (C=O) groups is 1. The van der Waals surface area contributed by atoms with Crippen molar-refractivity contribution >= 4 is 28.5 Å². The van der Waals surface area contributed by atoms with Gasteiger partial charge < -0.3 is 10.3 Å². The molecule has 1 aromatic heterocycles. The van der Waals surface area contributed by atoms with Gasteiger partial charge in [0, 0.05) is 18.0 Å². The molecule has 0 fully saturated rings. The maximum atomic E-state index is 13.1. The lowest BCUT2D eigenvalue weighted by Crippen LogP contribution is -2.27. The molecule has 0 radical (unpaired) electrons. The van der Waals surface area contributed by atoms with Gasteiger partial charge in [-0.05, 0) is 35.9 Å². The molecule has 6 heteroatoms. The number of imidazole rings is 1. The van der Waals surface area contributed by atoms with Gasteiger partial charge in [-0.1, -0.05) is 23.7 Å². The molecule has 0 spiro atoms. The molecular formula is C17H15ClFN3O. The molecule has 2 aromatic carbocycles. The number of H-pyrrole nitrogens is 1. The molecule has 0 saturated carbocycles. The zero-order valence-corrected chi connectivity index (χ0v) is 13.0. The molecule has 4 nitrogen and oxygen atoms in total. The minimum Gasteiger partial charge on any atom is -0.355 e. The van der Waals surface area contributed by atoms with Gasteiger partial charge in [0.2, 0.25) is 5.91 Å². The Morgan fingerprint density at radius 3 is 2.78 bits per heavy atom. The molecule has 0 atom stereocenters. The lowest BCUT2D eigenvalue weighted by atomic mass is 10.1. The van der Waals surface area contributed by atoms with Crippen molar-refractivity contribution in [1.82, 2.24) is 15.3 Å². The highest BCUT2D eigenvalue weighted by Crippen LogP contribution is 2.13. The molecule has 1 amide bonds. The summed E-state index contributed by atoms with van der Waals surface area (Å²) in [7, 11) is 0. The number of nitrogens with one attached hydrogen (secondary N) is 2. The van der Waals surface area contributed by atoms with Crippen LogP contribution in [0.4, 0.5) is 4.39 Å². The Bertz CT molecular complexity index is 829. The van der Waals surface area contributed by atoms with Crippen LogP contribution in [0.3, 0.4) is 0 Å². The molecule has 0 aliphatic carbocycles. The maximum Gasteiger partial charge on any atom is 0.224 e. The van der Waals surface area contributed by atoms with Gasteiger partial charge in [-0.2, -0.15) is 0 Å². The number of carbonyl (C=O) groups excluding carboxylic acids is 1. The SMILES string of the molecule is O=C(Cc1ccc(Cl)cc1)NCCc1nc2ccc(F)cc2[nH]1. The van der Waals surface area contributed by atoms with E-state index in [9.17, 15) is 9.18 Å². The summed E-state index contributed by atoms with van der Waals surface area (Å²) in [6.45, 7) is 0.467. The van der Waals surface area contributed by atoms with E-state index in [0.29, 0.717) is 35.4 Å². The van der Waals surface area contributed by atoms with Crippen LogP contribution in [-0.2, 0) is 17.6 Å². The Hall–Kier alpha value is -2.40. The Labute approximate surface area is 137 Å². The van der Waals surface area contributed by atoms with Crippen LogP contribution in [0.5, 0.6) is 0 Å². The van der Waals surface area contributed by atoms with Crippen molar-refractivity contribution in [2.75, 3.05) is 6.54 Å². The first kappa shape index (κ1) is 15.5. The Morgan fingerprint density at radius 2 is 2.00 bits per heavy atom. The van der Waals surface area contributed by atoms with E-state index in [1.54, 1.807) is 18.2 Å². The molecule has 0 saturated heterocycles. The summed E-state index contributed by atoms with van der Waals surface area (Å²) in [5.74, 6) is 0.357. The largest absolute Gasteiger partial charge is 0.355 e. The van der Waals surface area contributed by atoms with Gasteiger partial charge in [0.1, 0.15) is 11.6 Å². The van der Waals surface area contributed by atoms with E-state index < -0.39 is 0 Å². The summed E-state index contributed by atoms with van der Waals surface area (Å²) in [6, 6.07) is 11.6. The average molecular weight is 332 g/mol. The number of aromatic amines is 1. The molecular weight excluding hydrogens is 317 g/mol. The van der Waals surface area contributed by atoms with Crippen LogP contribution in [0, 0.1) is 5.82 Å². The second-order valence-electron chi connectivity index (χ2n) is 5.25. The summed E-state index contributed by atoms with van der Waals surface area (Å²) in [6.07, 6.45) is 0.866. The topological polar surface area (TPSA) is 57.8 Å². The van der Waals surface area contributed by atoms with Crippen molar-refractivity contribution in [3.63, 3.8) is 0 Å². The summed E-state index contributed by atoms with van der Waals surface area (Å²) in [5.41, 5.74) is 2.28. The summed E-state index contributed by atoms with van der Waals surface area (Å²) >= 11 is 5.81. The van der Waals surface area contributed by atoms with Crippen LogP contribution in [0.1, 0.15) is 11.4 Å². The third-order valence-corrected chi connectivity index (χ3v) is 3.71. The standard InChI is InChI=1S/C17H15ClFN3O/c18-12-3-1-11(2-4-12)9-17(23)20-8-7-16-21-14-6-5-13(19)10-15(14)22-16/h1-6,10H,7-9H2,(H,20,23)(H,21,22). The summed E-state index contributed by atoms with van der Waals surface area (Å²) < 4.78 is 13.1. The van der Waals surface area contributed by atoms with Gasteiger partial charge in [-0.3, -0.25) is 4.79 Å². The molecule has 3 aromatic rings. The number of hydrogen-bond donors (Lipinski definition) is 2. The van der Waals surface area contributed by atoms with Gasteiger partial charge in [-0.25, -0.2) is 9.37 Å². The smallest absolute Gasteiger partial charge is 0.224 e. The molecule has 23 heavy (non-hydrogen) atoms. The number of nitrogens with zero attached hydrogens (tertiary/aromatic N) is 1. The van der Waals surface area contributed by atoms with E-state index in [1.165, 1.54) is 12.1 Å². The van der Waals surface area contributed by atoms with E-state index in [4.69, 9.17) is 11.6 Å². The molecule has 0 aliphatic rings. The first-order valence-electron chi connectivity index (χ1n) is 7.25. The third kappa shape index (κ3) is 4.07.